The molecular weight excluding hydrogens is 352 g/mol. The van der Waals surface area contributed by atoms with Crippen molar-refractivity contribution >= 4 is 39.1 Å². The van der Waals surface area contributed by atoms with Gasteiger partial charge < -0.3 is 0 Å². The van der Waals surface area contributed by atoms with Crippen LogP contribution in [0.4, 0.5) is 0 Å². The third-order valence-corrected chi connectivity index (χ3v) is 3.69. The smallest absolute Gasteiger partial charge is 0.267 e. The molecule has 2 rings (SSSR count). The predicted molar refractivity (Wildman–Crippen MR) is 89.9 cm³/mol. The minimum absolute atomic E-state index is 0.234. The van der Waals surface area contributed by atoms with E-state index < -0.39 is 0 Å². The molecule has 0 fully saturated rings. The van der Waals surface area contributed by atoms with E-state index in [9.17, 15) is 4.79 Å². The third-order valence-electron chi connectivity index (χ3n) is 2.91. The van der Waals surface area contributed by atoms with Crippen LogP contribution in [0, 0.1) is 0 Å². The van der Waals surface area contributed by atoms with E-state index in [2.05, 4.69) is 26.5 Å². The Morgan fingerprint density at radius 3 is 2.24 bits per heavy atom. The molecule has 0 radical (unpaired) electrons. The van der Waals surface area contributed by atoms with Crippen molar-refractivity contribution in [2.24, 2.45) is 5.10 Å². The summed E-state index contributed by atoms with van der Waals surface area (Å²) < 4.78 is 0.929. The number of hydrazone groups is 1. The Bertz CT molecular complexity index is 651. The van der Waals surface area contributed by atoms with Crippen molar-refractivity contribution < 1.29 is 4.79 Å². The number of nitrogens with zero attached hydrogens (tertiary/aromatic N) is 1. The second-order valence-electron chi connectivity index (χ2n) is 4.37. The van der Waals surface area contributed by atoms with Crippen LogP contribution < -0.4 is 5.43 Å². The molecule has 0 aliphatic rings. The highest BCUT2D eigenvalue weighted by Crippen LogP contribution is 2.12. The first kappa shape index (κ1) is 15.7. The zero-order valence-electron chi connectivity index (χ0n) is 11.4. The van der Waals surface area contributed by atoms with Gasteiger partial charge in [0.2, 0.25) is 0 Å². The molecule has 2 aromatic carbocycles. The van der Waals surface area contributed by atoms with Gasteiger partial charge in [0, 0.05) is 15.1 Å². The Hall–Kier alpha value is -1.65. The van der Waals surface area contributed by atoms with Crippen LogP contribution in [0.15, 0.2) is 58.1 Å². The highest BCUT2D eigenvalue weighted by atomic mass is 79.9. The molecule has 5 heteroatoms. The lowest BCUT2D eigenvalue weighted by Gasteiger charge is -2.05. The standard InChI is InChI=1S/C16H14BrClN2O/c1-2-15(11-5-9-14(18)10-6-11)19-20-16(21)12-3-7-13(17)8-4-12/h3-10H,2H2,1H3,(H,20,21)/b19-15+. The first-order valence-electron chi connectivity index (χ1n) is 6.48. The highest BCUT2D eigenvalue weighted by molar-refractivity contribution is 9.10. The van der Waals surface area contributed by atoms with E-state index in [4.69, 9.17) is 11.6 Å². The van der Waals surface area contributed by atoms with Crippen molar-refractivity contribution in [2.45, 2.75) is 13.3 Å². The largest absolute Gasteiger partial charge is 0.271 e. The van der Waals surface area contributed by atoms with E-state index in [1.807, 2.05) is 31.2 Å². The van der Waals surface area contributed by atoms with Crippen LogP contribution in [-0.4, -0.2) is 11.6 Å². The fraction of sp³-hybridized carbons (Fsp3) is 0.125. The van der Waals surface area contributed by atoms with Crippen LogP contribution in [0.3, 0.4) is 0 Å². The highest BCUT2D eigenvalue weighted by Gasteiger charge is 2.06. The van der Waals surface area contributed by atoms with Crippen LogP contribution in [0.5, 0.6) is 0 Å². The van der Waals surface area contributed by atoms with Gasteiger partial charge in [0.05, 0.1) is 5.71 Å². The number of nitrogens with one attached hydrogen (secondary N) is 1. The second kappa shape index (κ2) is 7.38. The summed E-state index contributed by atoms with van der Waals surface area (Å²) in [6.07, 6.45) is 0.711. The number of carbonyl (C=O) groups is 1. The van der Waals surface area contributed by atoms with Gasteiger partial charge in [-0.25, -0.2) is 5.43 Å². The molecule has 0 saturated carbocycles. The Morgan fingerprint density at radius 1 is 1.10 bits per heavy atom. The quantitative estimate of drug-likeness (QED) is 0.622. The Kier molecular flexibility index (Phi) is 5.53. The maximum atomic E-state index is 12.0. The van der Waals surface area contributed by atoms with Gasteiger partial charge in [0.1, 0.15) is 0 Å². The van der Waals surface area contributed by atoms with Crippen LogP contribution in [0.25, 0.3) is 0 Å². The van der Waals surface area contributed by atoms with Gasteiger partial charge in [-0.15, -0.1) is 0 Å². The van der Waals surface area contributed by atoms with Crippen molar-refractivity contribution in [1.29, 1.82) is 0 Å². The van der Waals surface area contributed by atoms with Crippen molar-refractivity contribution in [2.75, 3.05) is 0 Å². The van der Waals surface area contributed by atoms with Gasteiger partial charge >= 0.3 is 0 Å². The Labute approximate surface area is 137 Å². The van der Waals surface area contributed by atoms with Crippen LogP contribution in [0.2, 0.25) is 5.02 Å². The van der Waals surface area contributed by atoms with Gasteiger partial charge in [0.15, 0.2) is 0 Å². The maximum Gasteiger partial charge on any atom is 0.271 e. The van der Waals surface area contributed by atoms with Crippen LogP contribution >= 0.6 is 27.5 Å². The van der Waals surface area contributed by atoms with E-state index in [1.54, 1.807) is 24.3 Å². The number of hydrogen-bond acceptors (Lipinski definition) is 2. The zero-order valence-corrected chi connectivity index (χ0v) is 13.8. The summed E-state index contributed by atoms with van der Waals surface area (Å²) in [7, 11) is 0. The first-order valence-corrected chi connectivity index (χ1v) is 7.65. The lowest BCUT2D eigenvalue weighted by Crippen LogP contribution is -2.19. The molecule has 1 amide bonds. The molecule has 2 aromatic rings. The Balaban J connectivity index is 2.12. The average molecular weight is 366 g/mol. The lowest BCUT2D eigenvalue weighted by atomic mass is 10.1. The van der Waals surface area contributed by atoms with Crippen LogP contribution in [0.1, 0.15) is 29.3 Å². The molecule has 0 heterocycles. The number of amides is 1. The first-order chi connectivity index (χ1) is 10.1. The summed E-state index contributed by atoms with van der Waals surface area (Å²) in [5.41, 5.74) is 4.89. The molecule has 108 valence electrons. The van der Waals surface area contributed by atoms with Crippen LogP contribution in [-0.2, 0) is 0 Å². The van der Waals surface area contributed by atoms with Gasteiger partial charge in [-0.05, 0) is 48.4 Å². The summed E-state index contributed by atoms with van der Waals surface area (Å²) in [6, 6.07) is 14.5. The summed E-state index contributed by atoms with van der Waals surface area (Å²) in [5.74, 6) is -0.234. The lowest BCUT2D eigenvalue weighted by molar-refractivity contribution is 0.0955. The number of hydrogen-bond donors (Lipinski definition) is 1. The molecule has 0 aromatic heterocycles. The van der Waals surface area contributed by atoms with E-state index in [-0.39, 0.29) is 5.91 Å². The molecular formula is C16H14BrClN2O. The molecule has 0 aliphatic heterocycles. The number of benzene rings is 2. The molecule has 0 bridgehead atoms. The number of rotatable bonds is 4. The van der Waals surface area contributed by atoms with Gasteiger partial charge in [-0.1, -0.05) is 46.6 Å². The van der Waals surface area contributed by atoms with Crippen molar-refractivity contribution in [3.63, 3.8) is 0 Å². The number of carbonyl (C=O) groups excluding carboxylic acids is 1. The summed E-state index contributed by atoms with van der Waals surface area (Å²) in [6.45, 7) is 1.99. The summed E-state index contributed by atoms with van der Waals surface area (Å²) in [4.78, 5) is 12.0. The second-order valence-corrected chi connectivity index (χ2v) is 5.72. The van der Waals surface area contributed by atoms with Gasteiger partial charge in [0.25, 0.3) is 5.91 Å². The SMILES string of the molecule is CC/C(=N\NC(=O)c1ccc(Br)cc1)c1ccc(Cl)cc1. The normalized spacial score (nSPS) is 11.3. The summed E-state index contributed by atoms with van der Waals surface area (Å²) >= 11 is 9.20. The van der Waals surface area contributed by atoms with E-state index >= 15 is 0 Å². The molecule has 0 atom stereocenters. The maximum absolute atomic E-state index is 12.0. The van der Waals surface area contributed by atoms with Gasteiger partial charge in [-0.2, -0.15) is 5.10 Å². The number of halogens is 2. The monoisotopic (exact) mass is 364 g/mol. The summed E-state index contributed by atoms with van der Waals surface area (Å²) in [5, 5.41) is 4.88. The van der Waals surface area contributed by atoms with E-state index in [0.717, 1.165) is 15.7 Å². The minimum Gasteiger partial charge on any atom is -0.267 e. The third kappa shape index (κ3) is 4.41. The minimum atomic E-state index is -0.234. The fourth-order valence-electron chi connectivity index (χ4n) is 1.77. The molecule has 1 N–H and O–H groups in total. The van der Waals surface area contributed by atoms with Crippen molar-refractivity contribution in [1.82, 2.24) is 5.43 Å². The van der Waals surface area contributed by atoms with Crippen molar-refractivity contribution in [3.8, 4) is 0 Å². The molecule has 0 saturated heterocycles. The topological polar surface area (TPSA) is 41.5 Å². The average Bonchev–Trinajstić information content (AvgIpc) is 2.50. The molecule has 21 heavy (non-hydrogen) atoms. The predicted octanol–water partition coefficient (Wildman–Crippen LogP) is 4.65. The molecule has 3 nitrogen and oxygen atoms in total. The van der Waals surface area contributed by atoms with E-state index in [1.165, 1.54) is 0 Å². The fourth-order valence-corrected chi connectivity index (χ4v) is 2.16. The van der Waals surface area contributed by atoms with Gasteiger partial charge in [-0.3, -0.25) is 4.79 Å². The molecule has 0 spiro atoms. The molecule has 0 aliphatic carbocycles. The Morgan fingerprint density at radius 2 is 1.67 bits per heavy atom. The van der Waals surface area contributed by atoms with E-state index in [0.29, 0.717) is 17.0 Å². The van der Waals surface area contributed by atoms with Crippen molar-refractivity contribution in [3.05, 3.63) is 69.2 Å². The zero-order chi connectivity index (χ0) is 15.2. The molecule has 0 unspecified atom stereocenters.